The summed E-state index contributed by atoms with van der Waals surface area (Å²) >= 11 is 5.17. The molecule has 0 radical (unpaired) electrons. The number of hydrogen-bond acceptors (Lipinski definition) is 4. The van der Waals surface area contributed by atoms with E-state index < -0.39 is 0 Å². The molecule has 0 saturated carbocycles. The van der Waals surface area contributed by atoms with E-state index in [4.69, 9.17) is 4.74 Å². The Balaban J connectivity index is 1.96. The van der Waals surface area contributed by atoms with Gasteiger partial charge in [0.05, 0.1) is 10.7 Å². The van der Waals surface area contributed by atoms with Gasteiger partial charge in [0.15, 0.2) is 0 Å². The molecule has 100 valence electrons. The van der Waals surface area contributed by atoms with Gasteiger partial charge in [0.25, 0.3) is 0 Å². The molecule has 2 unspecified atom stereocenters. The average molecular weight is 339 g/mol. The molecule has 0 saturated heterocycles. The first-order valence-electron chi connectivity index (χ1n) is 6.23. The molecule has 0 fully saturated rings. The first kappa shape index (κ1) is 13.1. The van der Waals surface area contributed by atoms with E-state index >= 15 is 0 Å². The average Bonchev–Trinajstić information content (AvgIpc) is 2.83. The Kier molecular flexibility index (Phi) is 3.60. The van der Waals surface area contributed by atoms with Crippen LogP contribution in [0.3, 0.4) is 0 Å². The first-order chi connectivity index (χ1) is 9.17. The van der Waals surface area contributed by atoms with Gasteiger partial charge in [-0.25, -0.2) is 4.98 Å². The second-order valence-corrected chi connectivity index (χ2v) is 6.63. The fourth-order valence-electron chi connectivity index (χ4n) is 2.42. The maximum absolute atomic E-state index is 6.12. The highest BCUT2D eigenvalue weighted by atomic mass is 79.9. The lowest BCUT2D eigenvalue weighted by Crippen LogP contribution is -2.26. The zero-order valence-corrected chi connectivity index (χ0v) is 13.2. The van der Waals surface area contributed by atoms with Crippen LogP contribution in [0.1, 0.15) is 34.8 Å². The number of ether oxygens (including phenoxy) is 1. The SMILES string of the molecule is CNC1CC(c2csc(C)n2)Oc2cc(Br)ccc21. The summed E-state index contributed by atoms with van der Waals surface area (Å²) in [6.45, 7) is 2.02. The van der Waals surface area contributed by atoms with Crippen molar-refractivity contribution in [2.45, 2.75) is 25.5 Å². The zero-order chi connectivity index (χ0) is 13.4. The second-order valence-electron chi connectivity index (χ2n) is 4.66. The minimum atomic E-state index is 0.0317. The largest absolute Gasteiger partial charge is 0.484 e. The molecule has 0 spiro atoms. The van der Waals surface area contributed by atoms with E-state index in [-0.39, 0.29) is 6.10 Å². The van der Waals surface area contributed by atoms with Crippen molar-refractivity contribution in [3.8, 4) is 5.75 Å². The molecule has 2 heterocycles. The number of thiazole rings is 1. The quantitative estimate of drug-likeness (QED) is 0.898. The van der Waals surface area contributed by atoms with E-state index in [1.807, 2.05) is 20.0 Å². The summed E-state index contributed by atoms with van der Waals surface area (Å²) in [5, 5.41) is 6.54. The van der Waals surface area contributed by atoms with Crippen LogP contribution in [0.2, 0.25) is 0 Å². The van der Waals surface area contributed by atoms with Crippen LogP contribution in [0.4, 0.5) is 0 Å². The summed E-state index contributed by atoms with van der Waals surface area (Å²) < 4.78 is 7.16. The Morgan fingerprint density at radius 1 is 1.47 bits per heavy atom. The summed E-state index contributed by atoms with van der Waals surface area (Å²) in [5.74, 6) is 0.940. The van der Waals surface area contributed by atoms with Crippen molar-refractivity contribution in [3.63, 3.8) is 0 Å². The highest BCUT2D eigenvalue weighted by Gasteiger charge is 2.29. The van der Waals surface area contributed by atoms with Crippen molar-refractivity contribution in [2.75, 3.05) is 7.05 Å². The second kappa shape index (κ2) is 5.23. The highest BCUT2D eigenvalue weighted by molar-refractivity contribution is 9.10. The van der Waals surface area contributed by atoms with Crippen LogP contribution in [0.15, 0.2) is 28.1 Å². The van der Waals surface area contributed by atoms with Gasteiger partial charge in [0, 0.05) is 27.9 Å². The number of nitrogens with zero attached hydrogens (tertiary/aromatic N) is 1. The number of aromatic nitrogens is 1. The number of hydrogen-bond donors (Lipinski definition) is 1. The van der Waals surface area contributed by atoms with Gasteiger partial charge in [-0.3, -0.25) is 0 Å². The van der Waals surface area contributed by atoms with Gasteiger partial charge >= 0.3 is 0 Å². The van der Waals surface area contributed by atoms with Crippen LogP contribution < -0.4 is 10.1 Å². The van der Waals surface area contributed by atoms with Crippen molar-refractivity contribution < 1.29 is 4.74 Å². The normalized spacial score (nSPS) is 21.8. The third-order valence-corrected chi connectivity index (χ3v) is 4.67. The summed E-state index contributed by atoms with van der Waals surface area (Å²) in [5.41, 5.74) is 2.25. The molecule has 3 rings (SSSR count). The number of nitrogens with one attached hydrogen (secondary N) is 1. The Hall–Kier alpha value is -0.910. The minimum Gasteiger partial charge on any atom is -0.484 e. The molecule has 19 heavy (non-hydrogen) atoms. The predicted octanol–water partition coefficient (Wildman–Crippen LogP) is 4.00. The van der Waals surface area contributed by atoms with E-state index in [1.54, 1.807) is 11.3 Å². The molecular formula is C14H15BrN2OS. The van der Waals surface area contributed by atoms with Crippen LogP contribution in [0.25, 0.3) is 0 Å². The first-order valence-corrected chi connectivity index (χ1v) is 7.90. The Labute approximate surface area is 125 Å². The number of aryl methyl sites for hydroxylation is 1. The van der Waals surface area contributed by atoms with Crippen molar-refractivity contribution in [2.24, 2.45) is 0 Å². The summed E-state index contributed by atoms with van der Waals surface area (Å²) in [6.07, 6.45) is 0.943. The number of halogens is 1. The van der Waals surface area contributed by atoms with Gasteiger partial charge in [-0.1, -0.05) is 22.0 Å². The van der Waals surface area contributed by atoms with E-state index in [2.05, 4.69) is 43.7 Å². The molecule has 1 aromatic heterocycles. The number of fused-ring (bicyclic) bond motifs is 1. The third kappa shape index (κ3) is 2.55. The number of rotatable bonds is 2. The molecular weight excluding hydrogens is 324 g/mol. The molecule has 0 aliphatic carbocycles. The molecule has 2 aromatic rings. The third-order valence-electron chi connectivity index (χ3n) is 3.39. The smallest absolute Gasteiger partial charge is 0.143 e. The van der Waals surface area contributed by atoms with Crippen LogP contribution in [-0.4, -0.2) is 12.0 Å². The van der Waals surface area contributed by atoms with Crippen molar-refractivity contribution in [1.82, 2.24) is 10.3 Å². The Morgan fingerprint density at radius 2 is 2.32 bits per heavy atom. The molecule has 1 aliphatic rings. The van der Waals surface area contributed by atoms with Gasteiger partial charge < -0.3 is 10.1 Å². The standard InChI is InChI=1S/C14H15BrN2OS/c1-8-17-12(7-19-8)14-6-11(16-2)10-4-3-9(15)5-13(10)18-14/h3-5,7,11,14,16H,6H2,1-2H3. The maximum atomic E-state index is 6.12. The van der Waals surface area contributed by atoms with Crippen LogP contribution in [0, 0.1) is 6.92 Å². The Morgan fingerprint density at radius 3 is 3.00 bits per heavy atom. The van der Waals surface area contributed by atoms with Gasteiger partial charge in [0.1, 0.15) is 11.9 Å². The van der Waals surface area contributed by atoms with Crippen LogP contribution in [-0.2, 0) is 0 Å². The Bertz CT molecular complexity index is 599. The summed E-state index contributed by atoms with van der Waals surface area (Å²) in [4.78, 5) is 4.55. The van der Waals surface area contributed by atoms with E-state index in [9.17, 15) is 0 Å². The lowest BCUT2D eigenvalue weighted by atomic mass is 9.95. The maximum Gasteiger partial charge on any atom is 0.143 e. The van der Waals surface area contributed by atoms with Gasteiger partial charge in [-0.2, -0.15) is 0 Å². The monoisotopic (exact) mass is 338 g/mol. The van der Waals surface area contributed by atoms with Gasteiger partial charge in [-0.15, -0.1) is 11.3 Å². The fraction of sp³-hybridized carbons (Fsp3) is 0.357. The van der Waals surface area contributed by atoms with E-state index in [1.165, 1.54) is 5.56 Å². The molecule has 1 aliphatic heterocycles. The highest BCUT2D eigenvalue weighted by Crippen LogP contribution is 2.41. The van der Waals surface area contributed by atoms with Gasteiger partial charge in [-0.05, 0) is 26.1 Å². The molecule has 1 N–H and O–H groups in total. The zero-order valence-electron chi connectivity index (χ0n) is 10.8. The van der Waals surface area contributed by atoms with Crippen molar-refractivity contribution in [1.29, 1.82) is 0 Å². The van der Waals surface area contributed by atoms with Gasteiger partial charge in [0.2, 0.25) is 0 Å². The lowest BCUT2D eigenvalue weighted by molar-refractivity contribution is 0.150. The summed E-state index contributed by atoms with van der Waals surface area (Å²) in [6, 6.07) is 6.51. The van der Waals surface area contributed by atoms with E-state index in [0.717, 1.165) is 27.3 Å². The fourth-order valence-corrected chi connectivity index (χ4v) is 3.42. The topological polar surface area (TPSA) is 34.2 Å². The molecule has 2 atom stereocenters. The summed E-state index contributed by atoms with van der Waals surface area (Å²) in [7, 11) is 1.99. The van der Waals surface area contributed by atoms with Crippen LogP contribution in [0.5, 0.6) is 5.75 Å². The van der Waals surface area contributed by atoms with Crippen LogP contribution >= 0.6 is 27.3 Å². The predicted molar refractivity (Wildman–Crippen MR) is 80.8 cm³/mol. The molecule has 0 amide bonds. The van der Waals surface area contributed by atoms with Crippen molar-refractivity contribution >= 4 is 27.3 Å². The van der Waals surface area contributed by atoms with E-state index in [0.29, 0.717) is 6.04 Å². The number of benzene rings is 1. The molecule has 0 bridgehead atoms. The molecule has 3 nitrogen and oxygen atoms in total. The minimum absolute atomic E-state index is 0.0317. The molecule has 5 heteroatoms. The molecule has 1 aromatic carbocycles. The lowest BCUT2D eigenvalue weighted by Gasteiger charge is -2.31. The van der Waals surface area contributed by atoms with Crippen molar-refractivity contribution in [3.05, 3.63) is 44.3 Å².